The lowest BCUT2D eigenvalue weighted by Crippen LogP contribution is -2.32. The monoisotopic (exact) mass is 320 g/mol. The lowest BCUT2D eigenvalue weighted by molar-refractivity contribution is 0.0698. The second kappa shape index (κ2) is 7.94. The van der Waals surface area contributed by atoms with E-state index in [2.05, 4.69) is 10.6 Å². The number of benzene rings is 1. The second-order valence-electron chi connectivity index (χ2n) is 3.69. The Kier molecular flexibility index (Phi) is 6.57. The number of ether oxygens (including phenoxy) is 1. The molecule has 0 atom stereocenters. The molecule has 3 N–H and O–H groups in total. The van der Waals surface area contributed by atoms with Gasteiger partial charge >= 0.3 is 12.0 Å². The van der Waals surface area contributed by atoms with E-state index in [1.165, 1.54) is 12.1 Å². The van der Waals surface area contributed by atoms with Gasteiger partial charge in [-0.05, 0) is 19.1 Å². The van der Waals surface area contributed by atoms with Crippen LogP contribution in [0.3, 0.4) is 0 Å². The molecule has 6 nitrogen and oxygen atoms in total. The van der Waals surface area contributed by atoms with Crippen molar-refractivity contribution in [3.8, 4) is 0 Å². The molecule has 0 spiro atoms. The molecule has 0 fully saturated rings. The number of urea groups is 1. The Bertz CT molecular complexity index is 508. The van der Waals surface area contributed by atoms with Crippen LogP contribution >= 0.6 is 23.2 Å². The molecule has 1 aromatic carbocycles. The maximum atomic E-state index is 11.6. The van der Waals surface area contributed by atoms with Gasteiger partial charge in [-0.25, -0.2) is 9.59 Å². The van der Waals surface area contributed by atoms with Crippen molar-refractivity contribution in [3.63, 3.8) is 0 Å². The van der Waals surface area contributed by atoms with Crippen LogP contribution in [0.15, 0.2) is 12.1 Å². The number of anilines is 1. The number of halogens is 2. The third kappa shape index (κ3) is 4.88. The van der Waals surface area contributed by atoms with E-state index in [-0.39, 0.29) is 21.3 Å². The highest BCUT2D eigenvalue weighted by atomic mass is 35.5. The molecule has 0 heterocycles. The largest absolute Gasteiger partial charge is 0.478 e. The maximum absolute atomic E-state index is 11.6. The van der Waals surface area contributed by atoms with Crippen molar-refractivity contribution in [2.75, 3.05) is 25.1 Å². The molecule has 0 aromatic heterocycles. The fraction of sp³-hybridized carbons (Fsp3) is 0.333. The second-order valence-corrected chi connectivity index (χ2v) is 4.54. The molecule has 20 heavy (non-hydrogen) atoms. The van der Waals surface area contributed by atoms with Crippen LogP contribution in [0.4, 0.5) is 10.5 Å². The van der Waals surface area contributed by atoms with E-state index in [4.69, 9.17) is 33.0 Å². The van der Waals surface area contributed by atoms with Gasteiger partial charge in [0.1, 0.15) is 0 Å². The van der Waals surface area contributed by atoms with Gasteiger partial charge in [0.05, 0.1) is 22.9 Å². The topological polar surface area (TPSA) is 87.7 Å². The molecule has 0 radical (unpaired) electrons. The number of nitrogens with one attached hydrogen (secondary N) is 2. The Labute approximate surface area is 126 Å². The fourth-order valence-electron chi connectivity index (χ4n) is 1.41. The molecule has 0 bridgehead atoms. The molecule has 0 saturated carbocycles. The third-order valence-electron chi connectivity index (χ3n) is 2.26. The maximum Gasteiger partial charge on any atom is 0.337 e. The van der Waals surface area contributed by atoms with Crippen LogP contribution in [-0.2, 0) is 4.74 Å². The van der Waals surface area contributed by atoms with Gasteiger partial charge in [0, 0.05) is 18.2 Å². The molecule has 0 saturated heterocycles. The van der Waals surface area contributed by atoms with Crippen molar-refractivity contribution >= 4 is 40.9 Å². The highest BCUT2D eigenvalue weighted by Crippen LogP contribution is 2.30. The summed E-state index contributed by atoms with van der Waals surface area (Å²) in [5, 5.41) is 14.2. The number of carbonyl (C=O) groups excluding carboxylic acids is 1. The van der Waals surface area contributed by atoms with Crippen molar-refractivity contribution in [1.82, 2.24) is 5.32 Å². The van der Waals surface area contributed by atoms with Crippen LogP contribution in [-0.4, -0.2) is 36.9 Å². The summed E-state index contributed by atoms with van der Waals surface area (Å²) in [6.07, 6.45) is 0. The lowest BCUT2D eigenvalue weighted by atomic mass is 10.2. The first kappa shape index (κ1) is 16.6. The minimum absolute atomic E-state index is 0.00234. The van der Waals surface area contributed by atoms with Gasteiger partial charge in [0.25, 0.3) is 0 Å². The Morgan fingerprint density at radius 3 is 2.65 bits per heavy atom. The van der Waals surface area contributed by atoms with E-state index >= 15 is 0 Å². The Balaban J connectivity index is 2.76. The highest BCUT2D eigenvalue weighted by Gasteiger charge is 2.17. The van der Waals surface area contributed by atoms with Crippen molar-refractivity contribution in [1.29, 1.82) is 0 Å². The van der Waals surface area contributed by atoms with E-state index in [0.717, 1.165) is 0 Å². The number of aromatic carboxylic acids is 1. The molecular formula is C12H14Cl2N2O4. The van der Waals surface area contributed by atoms with Crippen molar-refractivity contribution in [2.45, 2.75) is 6.92 Å². The zero-order chi connectivity index (χ0) is 15.1. The summed E-state index contributed by atoms with van der Waals surface area (Å²) >= 11 is 11.6. The zero-order valence-corrected chi connectivity index (χ0v) is 12.2. The van der Waals surface area contributed by atoms with Crippen LogP contribution in [0.25, 0.3) is 0 Å². The van der Waals surface area contributed by atoms with Crippen molar-refractivity contribution in [3.05, 3.63) is 27.7 Å². The van der Waals surface area contributed by atoms with E-state index in [0.29, 0.717) is 19.8 Å². The summed E-state index contributed by atoms with van der Waals surface area (Å²) in [6.45, 7) is 3.06. The summed E-state index contributed by atoms with van der Waals surface area (Å²) < 4.78 is 5.06. The van der Waals surface area contributed by atoms with Gasteiger partial charge in [-0.2, -0.15) is 0 Å². The Morgan fingerprint density at radius 1 is 1.35 bits per heavy atom. The Hall–Kier alpha value is -1.50. The van der Waals surface area contributed by atoms with Gasteiger partial charge in [-0.3, -0.25) is 0 Å². The molecule has 110 valence electrons. The van der Waals surface area contributed by atoms with E-state index in [9.17, 15) is 9.59 Å². The number of hydrogen-bond acceptors (Lipinski definition) is 3. The quantitative estimate of drug-likeness (QED) is 0.703. The van der Waals surface area contributed by atoms with Crippen LogP contribution in [0.5, 0.6) is 0 Å². The van der Waals surface area contributed by atoms with Gasteiger partial charge in [0.15, 0.2) is 0 Å². The number of rotatable bonds is 6. The molecule has 2 amide bonds. The summed E-state index contributed by atoms with van der Waals surface area (Å²) in [6, 6.07) is 1.99. The summed E-state index contributed by atoms with van der Waals surface area (Å²) in [5.41, 5.74) is -0.181. The van der Waals surface area contributed by atoms with Crippen LogP contribution in [0, 0.1) is 0 Å². The number of carboxylic acids is 1. The van der Waals surface area contributed by atoms with E-state index in [1.54, 1.807) is 0 Å². The summed E-state index contributed by atoms with van der Waals surface area (Å²) in [4.78, 5) is 22.7. The van der Waals surface area contributed by atoms with Gasteiger partial charge < -0.3 is 20.5 Å². The third-order valence-corrected chi connectivity index (χ3v) is 2.78. The minimum atomic E-state index is -1.24. The Morgan fingerprint density at radius 2 is 2.05 bits per heavy atom. The molecule has 1 rings (SSSR count). The summed E-state index contributed by atoms with van der Waals surface area (Å²) in [7, 11) is 0. The molecular weight excluding hydrogens is 307 g/mol. The average Bonchev–Trinajstić information content (AvgIpc) is 2.37. The number of carbonyl (C=O) groups is 2. The smallest absolute Gasteiger partial charge is 0.337 e. The first-order chi connectivity index (χ1) is 9.45. The van der Waals surface area contributed by atoms with Crippen LogP contribution in [0.1, 0.15) is 17.3 Å². The molecule has 0 unspecified atom stereocenters. The molecule has 0 aliphatic heterocycles. The number of amides is 2. The predicted octanol–water partition coefficient (Wildman–Crippen LogP) is 2.85. The lowest BCUT2D eigenvalue weighted by Gasteiger charge is -2.12. The number of carboxylic acid groups (broad SMARTS) is 1. The van der Waals surface area contributed by atoms with Crippen LogP contribution in [0.2, 0.25) is 10.0 Å². The highest BCUT2D eigenvalue weighted by molar-refractivity contribution is 6.37. The van der Waals surface area contributed by atoms with Gasteiger partial charge in [-0.1, -0.05) is 23.2 Å². The molecule has 1 aromatic rings. The van der Waals surface area contributed by atoms with Crippen LogP contribution < -0.4 is 10.6 Å². The first-order valence-electron chi connectivity index (χ1n) is 5.80. The SMILES string of the molecule is CCOCCNC(=O)Nc1c(Cl)cc(Cl)cc1C(=O)O. The van der Waals surface area contributed by atoms with Crippen molar-refractivity contribution < 1.29 is 19.4 Å². The predicted molar refractivity (Wildman–Crippen MR) is 76.9 cm³/mol. The normalized spacial score (nSPS) is 10.2. The van der Waals surface area contributed by atoms with Crippen molar-refractivity contribution in [2.24, 2.45) is 0 Å². The average molecular weight is 321 g/mol. The zero-order valence-electron chi connectivity index (χ0n) is 10.7. The van der Waals surface area contributed by atoms with E-state index in [1.807, 2.05) is 6.92 Å². The number of hydrogen-bond donors (Lipinski definition) is 3. The van der Waals surface area contributed by atoms with Gasteiger partial charge in [0.2, 0.25) is 0 Å². The molecule has 8 heteroatoms. The van der Waals surface area contributed by atoms with E-state index < -0.39 is 12.0 Å². The summed E-state index contributed by atoms with van der Waals surface area (Å²) in [5.74, 6) is -1.24. The fourth-order valence-corrected chi connectivity index (χ4v) is 1.95. The minimum Gasteiger partial charge on any atom is -0.478 e. The first-order valence-corrected chi connectivity index (χ1v) is 6.56. The molecule has 0 aliphatic carbocycles. The van der Waals surface area contributed by atoms with Gasteiger partial charge in [-0.15, -0.1) is 0 Å². The molecule has 0 aliphatic rings. The standard InChI is InChI=1S/C12H14Cl2N2O4/c1-2-20-4-3-15-12(19)16-10-8(11(17)18)5-7(13)6-9(10)14/h5-6H,2-4H2,1H3,(H,17,18)(H2,15,16,19).